The van der Waals surface area contributed by atoms with Gasteiger partial charge in [-0.15, -0.1) is 0 Å². The largest absolute Gasteiger partial charge is 0.350 e. The van der Waals surface area contributed by atoms with Crippen LogP contribution < -0.4 is 0 Å². The number of nitrogens with zero attached hydrogens (tertiary/aromatic N) is 5. The van der Waals surface area contributed by atoms with Crippen LogP contribution in [0.2, 0.25) is 0 Å². The summed E-state index contributed by atoms with van der Waals surface area (Å²) < 4.78 is 7.05. The zero-order chi connectivity index (χ0) is 25.8. The van der Waals surface area contributed by atoms with Crippen LogP contribution in [0.1, 0.15) is 39.4 Å². The van der Waals surface area contributed by atoms with Crippen molar-refractivity contribution in [2.45, 2.75) is 25.3 Å². The quantitative estimate of drug-likeness (QED) is 0.380. The van der Waals surface area contributed by atoms with Crippen LogP contribution in [0.3, 0.4) is 0 Å². The number of rotatable bonds is 7. The van der Waals surface area contributed by atoms with Gasteiger partial charge in [0.15, 0.2) is 0 Å². The predicted octanol–water partition coefficient (Wildman–Crippen LogP) is 4.31. The molecule has 1 atom stereocenters. The highest BCUT2D eigenvalue weighted by Crippen LogP contribution is 2.28. The fraction of sp³-hybridized carbons (Fsp3) is 0.310. The van der Waals surface area contributed by atoms with Crippen molar-refractivity contribution >= 4 is 11.8 Å². The van der Waals surface area contributed by atoms with Gasteiger partial charge >= 0.3 is 0 Å². The van der Waals surface area contributed by atoms with Crippen LogP contribution in [0.4, 0.5) is 0 Å². The van der Waals surface area contributed by atoms with Crippen LogP contribution in [0.5, 0.6) is 0 Å². The molecule has 1 saturated heterocycles. The van der Waals surface area contributed by atoms with Crippen molar-refractivity contribution in [2.24, 2.45) is 13.0 Å². The summed E-state index contributed by atoms with van der Waals surface area (Å²) in [6, 6.07) is 23.4. The van der Waals surface area contributed by atoms with Gasteiger partial charge in [-0.25, -0.2) is 0 Å². The molecule has 2 aromatic carbocycles. The molecule has 1 aliphatic heterocycles. The van der Waals surface area contributed by atoms with Gasteiger partial charge in [0.25, 0.3) is 11.8 Å². The Bertz CT molecular complexity index is 1340. The summed E-state index contributed by atoms with van der Waals surface area (Å²) in [4.78, 5) is 30.1. The fourth-order valence-electron chi connectivity index (χ4n) is 5.10. The number of benzene rings is 2. The van der Waals surface area contributed by atoms with Gasteiger partial charge in [-0.3, -0.25) is 14.3 Å². The van der Waals surface area contributed by atoms with Crippen molar-refractivity contribution < 1.29 is 14.1 Å². The van der Waals surface area contributed by atoms with Gasteiger partial charge in [0.1, 0.15) is 11.4 Å². The number of aryl methyl sites for hydroxylation is 1. The minimum Gasteiger partial charge on any atom is -0.350 e. The van der Waals surface area contributed by atoms with Gasteiger partial charge in [0.05, 0.1) is 0 Å². The van der Waals surface area contributed by atoms with Gasteiger partial charge in [-0.05, 0) is 36.8 Å². The standard InChI is InChI=1S/C29H31N5O3/c1-32-16-15-24(30-32)28(35)33(2)26(19-21-9-5-3-6-10-21)23-13-17-34(18-14-23)29(36)27-20-25(31-37-27)22-11-7-4-8-12-22/h3-12,15-16,20,23,26H,13-14,17-19H2,1-2H3/t26-/m0/s1. The molecule has 0 aliphatic carbocycles. The summed E-state index contributed by atoms with van der Waals surface area (Å²) >= 11 is 0. The van der Waals surface area contributed by atoms with Gasteiger partial charge in [-0.2, -0.15) is 5.10 Å². The minimum absolute atomic E-state index is 0.0101. The lowest BCUT2D eigenvalue weighted by Crippen LogP contribution is -2.48. The molecule has 5 rings (SSSR count). The summed E-state index contributed by atoms with van der Waals surface area (Å²) in [5.74, 6) is 0.262. The maximum absolute atomic E-state index is 13.3. The molecule has 1 aliphatic rings. The minimum atomic E-state index is -0.148. The molecule has 0 spiro atoms. The van der Waals surface area contributed by atoms with E-state index in [2.05, 4.69) is 22.4 Å². The average molecular weight is 498 g/mol. The Morgan fingerprint density at radius 3 is 2.35 bits per heavy atom. The molecule has 8 nitrogen and oxygen atoms in total. The number of aromatic nitrogens is 3. The Kier molecular flexibility index (Phi) is 7.16. The van der Waals surface area contributed by atoms with Crippen molar-refractivity contribution in [3.8, 4) is 11.3 Å². The van der Waals surface area contributed by atoms with E-state index in [0.29, 0.717) is 24.5 Å². The van der Waals surface area contributed by atoms with Crippen LogP contribution in [-0.4, -0.2) is 62.7 Å². The molecule has 3 heterocycles. The highest BCUT2D eigenvalue weighted by molar-refractivity contribution is 5.93. The second-order valence-electron chi connectivity index (χ2n) is 9.62. The third kappa shape index (κ3) is 5.48. The molecule has 0 unspecified atom stereocenters. The molecule has 37 heavy (non-hydrogen) atoms. The molecule has 0 saturated carbocycles. The highest BCUT2D eigenvalue weighted by atomic mass is 16.5. The molecular weight excluding hydrogens is 466 g/mol. The van der Waals surface area contributed by atoms with Crippen molar-refractivity contribution in [3.63, 3.8) is 0 Å². The molecule has 0 bridgehead atoms. The average Bonchev–Trinajstić information content (AvgIpc) is 3.61. The molecule has 1 fully saturated rings. The van der Waals surface area contributed by atoms with E-state index in [4.69, 9.17) is 4.52 Å². The van der Waals surface area contributed by atoms with E-state index in [1.807, 2.05) is 72.4 Å². The maximum Gasteiger partial charge on any atom is 0.292 e. The number of carbonyl (C=O) groups excluding carboxylic acids is 2. The molecule has 0 N–H and O–H groups in total. The van der Waals surface area contributed by atoms with Crippen molar-refractivity contribution in [1.82, 2.24) is 24.7 Å². The normalized spacial score (nSPS) is 14.9. The van der Waals surface area contributed by atoms with Crippen LogP contribution in [0.25, 0.3) is 11.3 Å². The van der Waals surface area contributed by atoms with Crippen molar-refractivity contribution in [2.75, 3.05) is 20.1 Å². The fourth-order valence-corrected chi connectivity index (χ4v) is 5.10. The monoisotopic (exact) mass is 497 g/mol. The molecule has 8 heteroatoms. The van der Waals surface area contributed by atoms with Gasteiger partial charge in [-0.1, -0.05) is 65.8 Å². The van der Waals surface area contributed by atoms with E-state index in [-0.39, 0.29) is 29.5 Å². The smallest absolute Gasteiger partial charge is 0.292 e. The number of likely N-dealkylation sites (tertiary alicyclic amines) is 1. The van der Waals surface area contributed by atoms with E-state index in [9.17, 15) is 9.59 Å². The molecule has 4 aromatic rings. The lowest BCUT2D eigenvalue weighted by molar-refractivity contribution is 0.0500. The number of amides is 2. The van der Waals surface area contributed by atoms with Crippen LogP contribution >= 0.6 is 0 Å². The lowest BCUT2D eigenvalue weighted by Gasteiger charge is -2.39. The second kappa shape index (κ2) is 10.8. The van der Waals surface area contributed by atoms with E-state index in [1.165, 1.54) is 5.56 Å². The summed E-state index contributed by atoms with van der Waals surface area (Å²) in [5.41, 5.74) is 3.18. The zero-order valence-corrected chi connectivity index (χ0v) is 21.2. The third-order valence-electron chi connectivity index (χ3n) is 7.20. The van der Waals surface area contributed by atoms with Crippen LogP contribution in [-0.2, 0) is 13.5 Å². The second-order valence-corrected chi connectivity index (χ2v) is 9.62. The Labute approximate surface area is 216 Å². The lowest BCUT2D eigenvalue weighted by atomic mass is 9.84. The number of carbonyl (C=O) groups is 2. The first-order chi connectivity index (χ1) is 18.0. The Balaban J connectivity index is 1.28. The number of likely N-dealkylation sites (N-methyl/N-ethyl adjacent to an activating group) is 1. The predicted molar refractivity (Wildman–Crippen MR) is 140 cm³/mol. The molecule has 190 valence electrons. The topological polar surface area (TPSA) is 84.5 Å². The van der Waals surface area contributed by atoms with Gasteiger partial charge in [0, 0.05) is 51.1 Å². The highest BCUT2D eigenvalue weighted by Gasteiger charge is 2.34. The molecule has 2 amide bonds. The van der Waals surface area contributed by atoms with E-state index in [0.717, 1.165) is 24.8 Å². The SMILES string of the molecule is CN(C(=O)c1ccn(C)n1)[C@@H](Cc1ccccc1)C1CCN(C(=O)c2cc(-c3ccccc3)no2)CC1. The summed E-state index contributed by atoms with van der Waals surface area (Å²) in [5, 5.41) is 8.41. The van der Waals surface area contributed by atoms with Crippen LogP contribution in [0, 0.1) is 5.92 Å². The number of hydrogen-bond donors (Lipinski definition) is 0. The Morgan fingerprint density at radius 2 is 1.70 bits per heavy atom. The van der Waals surface area contributed by atoms with E-state index >= 15 is 0 Å². The van der Waals surface area contributed by atoms with Gasteiger partial charge < -0.3 is 14.3 Å². The van der Waals surface area contributed by atoms with Crippen molar-refractivity contribution in [1.29, 1.82) is 0 Å². The number of piperidine rings is 1. The summed E-state index contributed by atoms with van der Waals surface area (Å²) in [6.45, 7) is 1.20. The van der Waals surface area contributed by atoms with Crippen LogP contribution in [0.15, 0.2) is 83.5 Å². The molecule has 2 aromatic heterocycles. The maximum atomic E-state index is 13.3. The zero-order valence-electron chi connectivity index (χ0n) is 21.2. The Morgan fingerprint density at radius 1 is 1.03 bits per heavy atom. The summed E-state index contributed by atoms with van der Waals surface area (Å²) in [6.07, 6.45) is 4.12. The van der Waals surface area contributed by atoms with E-state index in [1.54, 1.807) is 23.0 Å². The first-order valence-corrected chi connectivity index (χ1v) is 12.6. The van der Waals surface area contributed by atoms with Gasteiger partial charge in [0.2, 0.25) is 5.76 Å². The molecular formula is C29H31N5O3. The van der Waals surface area contributed by atoms with E-state index < -0.39 is 0 Å². The molecule has 0 radical (unpaired) electrons. The van der Waals surface area contributed by atoms with Crippen molar-refractivity contribution in [3.05, 3.63) is 96.0 Å². The number of hydrogen-bond acceptors (Lipinski definition) is 5. The first kappa shape index (κ1) is 24.5. The summed E-state index contributed by atoms with van der Waals surface area (Å²) in [7, 11) is 3.67. The first-order valence-electron chi connectivity index (χ1n) is 12.6. The Hall–Kier alpha value is -4.20. The third-order valence-corrected chi connectivity index (χ3v) is 7.20.